The Labute approximate surface area is 261 Å². The summed E-state index contributed by atoms with van der Waals surface area (Å²) in [5.74, 6) is -0.593. The van der Waals surface area contributed by atoms with Crippen LogP contribution < -0.4 is 10.6 Å². The smallest absolute Gasteiger partial charge is 0.338 e. The zero-order chi connectivity index (χ0) is 31.3. The average Bonchev–Trinajstić information content (AvgIpc) is 3.04. The Kier molecular flexibility index (Phi) is 12.7. The molecule has 3 aromatic rings. The lowest BCUT2D eigenvalue weighted by molar-refractivity contribution is -0.245. The number of aliphatic hydroxyl groups is 1. The molecule has 1 saturated heterocycles. The van der Waals surface area contributed by atoms with Gasteiger partial charge in [0.2, 0.25) is 11.8 Å². The Bertz CT molecular complexity index is 1380. The predicted octanol–water partition coefficient (Wildman–Crippen LogP) is 4.92. The lowest BCUT2D eigenvalue weighted by Crippen LogP contribution is -2.31. The highest BCUT2D eigenvalue weighted by Crippen LogP contribution is 2.39. The lowest BCUT2D eigenvalue weighted by atomic mass is 10.0. The maximum atomic E-state index is 12.3. The third-order valence-electron chi connectivity index (χ3n) is 7.22. The van der Waals surface area contributed by atoms with Crippen LogP contribution in [0, 0.1) is 0 Å². The van der Waals surface area contributed by atoms with E-state index in [-0.39, 0.29) is 36.2 Å². The topological polar surface area (TPSA) is 147 Å². The molecule has 1 aliphatic rings. The lowest BCUT2D eigenvalue weighted by Gasteiger charge is -2.36. The number of rotatable bonds is 15. The van der Waals surface area contributed by atoms with Crippen molar-refractivity contribution in [2.75, 3.05) is 12.3 Å². The summed E-state index contributed by atoms with van der Waals surface area (Å²) in [4.78, 5) is 39.1. The number of unbranched alkanes of at least 4 members (excludes halogenated alkanes) is 2. The number of nitrogens with zero attached hydrogens (tertiary/aromatic N) is 1. The first-order valence-corrected chi connectivity index (χ1v) is 15.7. The molecular formula is C33H39N3O7S. The molecule has 1 fully saturated rings. The Morgan fingerprint density at radius 1 is 0.932 bits per heavy atom. The standard InChI is InChI=1S/C33H39N3O7S/c1-22(38)34-16-4-2-3-7-30(39)36-19-23-8-14-26(15-9-23)33-42-27(21-44-31-28(32(40)41)6-5-17-35-31)18-29(43-33)25-12-10-24(20-37)11-13-25/h5-6,8-15,17,27,29,33,37H,2-4,7,16,18-21H2,1H3,(H,34,38)(H,36,39)(H,40,41). The second kappa shape index (κ2) is 16.9. The summed E-state index contributed by atoms with van der Waals surface area (Å²) in [7, 11) is 0. The number of hydrogen-bond acceptors (Lipinski definition) is 8. The molecule has 3 atom stereocenters. The molecule has 44 heavy (non-hydrogen) atoms. The number of carbonyl (C=O) groups is 3. The van der Waals surface area contributed by atoms with Gasteiger partial charge in [-0.1, -0.05) is 55.0 Å². The molecule has 1 aliphatic heterocycles. The van der Waals surface area contributed by atoms with E-state index in [1.165, 1.54) is 24.8 Å². The van der Waals surface area contributed by atoms with Gasteiger partial charge in [-0.25, -0.2) is 9.78 Å². The monoisotopic (exact) mass is 621 g/mol. The Balaban J connectivity index is 1.36. The summed E-state index contributed by atoms with van der Waals surface area (Å²) in [6.07, 6.45) is 3.90. The Hall–Kier alpha value is -3.77. The van der Waals surface area contributed by atoms with Gasteiger partial charge in [-0.2, -0.15) is 0 Å². The number of nitrogens with one attached hydrogen (secondary N) is 2. The van der Waals surface area contributed by atoms with E-state index in [4.69, 9.17) is 9.47 Å². The van der Waals surface area contributed by atoms with Crippen molar-refractivity contribution in [1.82, 2.24) is 15.6 Å². The molecule has 4 N–H and O–H groups in total. The second-order valence-corrected chi connectivity index (χ2v) is 11.6. The fourth-order valence-corrected chi connectivity index (χ4v) is 5.80. The largest absolute Gasteiger partial charge is 0.478 e. The minimum absolute atomic E-state index is 0.0121. The summed E-state index contributed by atoms with van der Waals surface area (Å²) >= 11 is 1.34. The zero-order valence-electron chi connectivity index (χ0n) is 24.7. The molecule has 2 heterocycles. The van der Waals surface area contributed by atoms with Crippen LogP contribution in [0.3, 0.4) is 0 Å². The number of carbonyl (C=O) groups excluding carboxylic acids is 2. The number of aromatic nitrogens is 1. The third kappa shape index (κ3) is 10.2. The number of aromatic carboxylic acids is 1. The number of carboxylic acids is 1. The number of hydrogen-bond donors (Lipinski definition) is 4. The molecule has 2 aromatic carbocycles. The Morgan fingerprint density at radius 3 is 2.36 bits per heavy atom. The van der Waals surface area contributed by atoms with E-state index in [0.717, 1.165) is 41.5 Å². The van der Waals surface area contributed by atoms with Crippen LogP contribution in [0.1, 0.15) is 84.0 Å². The van der Waals surface area contributed by atoms with Gasteiger partial charge >= 0.3 is 5.97 Å². The van der Waals surface area contributed by atoms with E-state index in [1.54, 1.807) is 12.3 Å². The number of benzene rings is 2. The normalized spacial score (nSPS) is 18.0. The summed E-state index contributed by atoms with van der Waals surface area (Å²) < 4.78 is 12.8. The zero-order valence-corrected chi connectivity index (χ0v) is 25.6. The molecule has 0 radical (unpaired) electrons. The molecular weight excluding hydrogens is 582 g/mol. The van der Waals surface area contributed by atoms with Crippen molar-refractivity contribution < 1.29 is 34.1 Å². The van der Waals surface area contributed by atoms with Crippen molar-refractivity contribution in [3.05, 3.63) is 94.7 Å². The van der Waals surface area contributed by atoms with E-state index in [2.05, 4.69) is 15.6 Å². The van der Waals surface area contributed by atoms with E-state index in [9.17, 15) is 24.6 Å². The van der Waals surface area contributed by atoms with Crippen molar-refractivity contribution in [2.24, 2.45) is 0 Å². The van der Waals surface area contributed by atoms with Crippen LogP contribution in [0.4, 0.5) is 0 Å². The first kappa shape index (κ1) is 33.1. The molecule has 1 aromatic heterocycles. The van der Waals surface area contributed by atoms with Gasteiger partial charge < -0.3 is 30.3 Å². The van der Waals surface area contributed by atoms with Gasteiger partial charge in [0.15, 0.2) is 6.29 Å². The van der Waals surface area contributed by atoms with Crippen LogP contribution in [-0.4, -0.2) is 51.4 Å². The van der Waals surface area contributed by atoms with Crippen molar-refractivity contribution in [1.29, 1.82) is 0 Å². The van der Waals surface area contributed by atoms with Crippen molar-refractivity contribution in [3.63, 3.8) is 0 Å². The second-order valence-electron chi connectivity index (χ2n) is 10.6. The van der Waals surface area contributed by atoms with Crippen LogP contribution in [0.2, 0.25) is 0 Å². The van der Waals surface area contributed by atoms with Crippen LogP contribution in [0.25, 0.3) is 0 Å². The van der Waals surface area contributed by atoms with E-state index in [0.29, 0.717) is 36.7 Å². The highest BCUT2D eigenvalue weighted by molar-refractivity contribution is 7.99. The molecule has 0 bridgehead atoms. The van der Waals surface area contributed by atoms with Crippen LogP contribution in [0.15, 0.2) is 71.9 Å². The van der Waals surface area contributed by atoms with Crippen LogP contribution in [-0.2, 0) is 32.2 Å². The fraction of sp³-hybridized carbons (Fsp3) is 0.394. The van der Waals surface area contributed by atoms with Gasteiger partial charge in [-0.15, -0.1) is 11.8 Å². The summed E-state index contributed by atoms with van der Waals surface area (Å²) in [6, 6.07) is 18.5. The third-order valence-corrected chi connectivity index (χ3v) is 8.36. The molecule has 4 rings (SSSR count). The molecule has 11 heteroatoms. The van der Waals surface area contributed by atoms with Crippen molar-refractivity contribution >= 4 is 29.5 Å². The molecule has 234 valence electrons. The van der Waals surface area contributed by atoms with Gasteiger partial charge in [0.05, 0.1) is 24.4 Å². The minimum Gasteiger partial charge on any atom is -0.478 e. The summed E-state index contributed by atoms with van der Waals surface area (Å²) in [5, 5.41) is 25.1. The highest BCUT2D eigenvalue weighted by atomic mass is 32.2. The number of thioether (sulfide) groups is 1. The number of aliphatic hydroxyl groups excluding tert-OH is 1. The van der Waals surface area contributed by atoms with Gasteiger partial charge in [0, 0.05) is 50.4 Å². The number of amides is 2. The molecule has 0 spiro atoms. The summed E-state index contributed by atoms with van der Waals surface area (Å²) in [5.41, 5.74) is 3.70. The fourth-order valence-electron chi connectivity index (χ4n) is 4.80. The predicted molar refractivity (Wildman–Crippen MR) is 166 cm³/mol. The van der Waals surface area contributed by atoms with Gasteiger partial charge in [0.25, 0.3) is 0 Å². The van der Waals surface area contributed by atoms with Gasteiger partial charge in [-0.05, 0) is 41.7 Å². The van der Waals surface area contributed by atoms with E-state index in [1.807, 2.05) is 48.5 Å². The average molecular weight is 622 g/mol. The Morgan fingerprint density at radius 2 is 1.66 bits per heavy atom. The van der Waals surface area contributed by atoms with E-state index < -0.39 is 12.3 Å². The van der Waals surface area contributed by atoms with Crippen molar-refractivity contribution in [2.45, 2.75) is 75.7 Å². The minimum atomic E-state index is -1.02. The first-order valence-electron chi connectivity index (χ1n) is 14.7. The van der Waals surface area contributed by atoms with Gasteiger partial charge in [0.1, 0.15) is 5.03 Å². The van der Waals surface area contributed by atoms with E-state index >= 15 is 0 Å². The molecule has 3 unspecified atom stereocenters. The maximum absolute atomic E-state index is 12.3. The number of carboxylic acid groups (broad SMARTS) is 1. The van der Waals surface area contributed by atoms with Gasteiger partial charge in [-0.3, -0.25) is 9.59 Å². The molecule has 0 saturated carbocycles. The number of ether oxygens (including phenoxy) is 2. The highest BCUT2D eigenvalue weighted by Gasteiger charge is 2.32. The van der Waals surface area contributed by atoms with Crippen LogP contribution in [0.5, 0.6) is 0 Å². The van der Waals surface area contributed by atoms with Crippen molar-refractivity contribution in [3.8, 4) is 0 Å². The molecule has 10 nitrogen and oxygen atoms in total. The molecule has 2 amide bonds. The van der Waals surface area contributed by atoms with Crippen LogP contribution >= 0.6 is 11.8 Å². The number of pyridine rings is 1. The molecule has 0 aliphatic carbocycles. The quantitative estimate of drug-likeness (QED) is 0.137. The SMILES string of the molecule is CC(=O)NCCCCCC(=O)NCc1ccc(C2OC(CSc3ncccc3C(=O)O)CC(c3ccc(CO)cc3)O2)cc1. The maximum Gasteiger partial charge on any atom is 0.338 e. The first-order chi connectivity index (χ1) is 21.3. The summed E-state index contributed by atoms with van der Waals surface area (Å²) in [6.45, 7) is 2.49.